The van der Waals surface area contributed by atoms with Gasteiger partial charge in [0.05, 0.1) is 59.9 Å². The molecule has 0 aromatic heterocycles. The van der Waals surface area contributed by atoms with Crippen molar-refractivity contribution in [2.24, 2.45) is 5.92 Å². The molecule has 306 valence electrons. The van der Waals surface area contributed by atoms with Crippen molar-refractivity contribution in [2.75, 3.05) is 123 Å². The van der Waals surface area contributed by atoms with Crippen molar-refractivity contribution < 1.29 is 56.8 Å². The second-order valence-electron chi connectivity index (χ2n) is 12.7. The Morgan fingerprint density at radius 1 is 0.560 bits per heavy atom. The van der Waals surface area contributed by atoms with E-state index < -0.39 is 40.1 Å². The van der Waals surface area contributed by atoms with Crippen molar-refractivity contribution >= 4 is 21.7 Å². The van der Waals surface area contributed by atoms with Crippen molar-refractivity contribution in [2.45, 2.75) is 70.7 Å². The molecule has 0 spiro atoms. The molecule has 0 saturated heterocycles. The second kappa shape index (κ2) is 32.5. The van der Waals surface area contributed by atoms with Gasteiger partial charge in [0.2, 0.25) is 0 Å². The Kier molecular flexibility index (Phi) is 32.5. The molecule has 19 heteroatoms. The zero-order chi connectivity index (χ0) is 37.5. The van der Waals surface area contributed by atoms with E-state index in [4.69, 9.17) is 41.5 Å². The Labute approximate surface area is 304 Å². The van der Waals surface area contributed by atoms with E-state index in [2.05, 4.69) is 40.0 Å². The Morgan fingerprint density at radius 3 is 1.54 bits per heavy atom. The van der Waals surface area contributed by atoms with Crippen LogP contribution in [-0.2, 0) is 14.2 Å². The van der Waals surface area contributed by atoms with Gasteiger partial charge in [-0.3, -0.25) is 4.90 Å². The van der Waals surface area contributed by atoms with Crippen LogP contribution in [0.4, 0.5) is 0 Å². The summed E-state index contributed by atoms with van der Waals surface area (Å²) in [5.41, 5.74) is 0. The topological polar surface area (TPSA) is 261 Å². The van der Waals surface area contributed by atoms with E-state index in [0.29, 0.717) is 58.4 Å². The molecule has 0 aliphatic carbocycles. The van der Waals surface area contributed by atoms with Gasteiger partial charge in [0, 0.05) is 103 Å². The number of hydrogen-bond acceptors (Lipinski definition) is 17. The molecule has 50 heavy (non-hydrogen) atoms. The molecule has 0 rings (SSSR count). The van der Waals surface area contributed by atoms with Crippen molar-refractivity contribution in [3.63, 3.8) is 0 Å². The zero-order valence-electron chi connectivity index (χ0n) is 30.5. The number of hydrogen-bond donors (Lipinski definition) is 13. The Bertz CT molecular complexity index is 747. The van der Waals surface area contributed by atoms with Crippen LogP contribution in [0.1, 0.15) is 52.4 Å². The Balaban J connectivity index is 4.23. The van der Waals surface area contributed by atoms with Crippen LogP contribution in [0, 0.1) is 5.92 Å². The number of nitrogens with one attached hydrogen (secondary N) is 4. The molecule has 13 N–H and O–H groups in total. The van der Waals surface area contributed by atoms with Crippen LogP contribution in [0.15, 0.2) is 0 Å². The summed E-state index contributed by atoms with van der Waals surface area (Å²) in [6.45, 7) is 12.5. The Morgan fingerprint density at radius 2 is 1.02 bits per heavy atom. The van der Waals surface area contributed by atoms with Gasteiger partial charge in [-0.05, 0) is 25.2 Å². The van der Waals surface area contributed by atoms with E-state index >= 15 is 0 Å². The summed E-state index contributed by atoms with van der Waals surface area (Å²) in [5, 5.41) is 43.9. The fraction of sp³-hybridized carbons (Fsp3) is 1.00. The molecule has 0 heterocycles. The third-order valence-corrected chi connectivity index (χ3v) is 9.31. The highest BCUT2D eigenvalue weighted by atomic mass is 32.3. The molecule has 0 aliphatic rings. The van der Waals surface area contributed by atoms with E-state index in [9.17, 15) is 15.3 Å². The number of aliphatic hydroxyl groups excluding tert-OH is 3. The first-order chi connectivity index (χ1) is 23.8. The van der Waals surface area contributed by atoms with Gasteiger partial charge < -0.3 is 78.1 Å². The average Bonchev–Trinajstić information content (AvgIpc) is 3.03. The minimum atomic E-state index is -3.55. The van der Waals surface area contributed by atoms with Gasteiger partial charge in [-0.2, -0.15) is 0 Å². The summed E-state index contributed by atoms with van der Waals surface area (Å²) in [5.74, 6) is 0.209. The second-order valence-corrected chi connectivity index (χ2v) is 16.0. The Hall–Kier alpha value is 0.0200. The minimum Gasteiger partial charge on any atom is -0.389 e. The van der Waals surface area contributed by atoms with Crippen molar-refractivity contribution in [3.05, 3.63) is 0 Å². The molecule has 0 fully saturated rings. The maximum absolute atomic E-state index is 10.5. The quantitative estimate of drug-likeness (QED) is 0.0394. The third kappa shape index (κ3) is 36.4. The first-order valence-corrected chi connectivity index (χ1v) is 21.4. The summed E-state index contributed by atoms with van der Waals surface area (Å²) < 4.78 is 70.5. The molecule has 0 saturated carbocycles. The summed E-state index contributed by atoms with van der Waals surface area (Å²) in [6.07, 6.45) is 3.10. The lowest BCUT2D eigenvalue weighted by molar-refractivity contribution is 0.0165. The van der Waals surface area contributed by atoms with E-state index in [1.54, 1.807) is 0 Å². The molecule has 0 amide bonds. The molecule has 4 atom stereocenters. The molecule has 0 aliphatic heterocycles. The highest BCUT2D eigenvalue weighted by Gasteiger charge is 2.15. The molecule has 17 nitrogen and oxygen atoms in total. The normalized spacial score (nSPS) is 15.8. The lowest BCUT2D eigenvalue weighted by Gasteiger charge is -2.26. The van der Waals surface area contributed by atoms with Crippen LogP contribution < -0.4 is 21.3 Å². The highest BCUT2D eigenvalue weighted by molar-refractivity contribution is 8.19. The predicted octanol–water partition coefficient (Wildman–Crippen LogP) is 1.22. The average molecular weight is 772 g/mol. The summed E-state index contributed by atoms with van der Waals surface area (Å²) in [7, 11) is -7.08. The lowest BCUT2D eigenvalue weighted by Crippen LogP contribution is -2.44. The third-order valence-electron chi connectivity index (χ3n) is 7.64. The summed E-state index contributed by atoms with van der Waals surface area (Å²) in [4.78, 5) is 2.06. The molecular formula is C31H73N5O12S2. The maximum atomic E-state index is 10.5. The van der Waals surface area contributed by atoms with Crippen LogP contribution in [0.3, 0.4) is 0 Å². The van der Waals surface area contributed by atoms with Gasteiger partial charge in [-0.15, -0.1) is 0 Å². The zero-order valence-corrected chi connectivity index (χ0v) is 32.1. The minimum absolute atomic E-state index is 0.0594. The number of rotatable bonds is 38. The standard InChI is InChI=1S/C31H73N5O12S2/c1-3-5-8-28(4-2)24-48-26-30(38)21-34-12-11-32-9-10-33-13-15-36(23-31(39)27-47-18-7-20-50(43,44)45)16-14-35-22-29(37)25-46-17-6-19-49(40,41)42/h28-35,37-45H,3-27H2,1-2H3. The van der Waals surface area contributed by atoms with Crippen LogP contribution in [0.5, 0.6) is 0 Å². The summed E-state index contributed by atoms with van der Waals surface area (Å²) >= 11 is 0. The number of unbranched alkanes of at least 4 members (excludes halogenated alkanes) is 1. The molecule has 0 aromatic carbocycles. The summed E-state index contributed by atoms with van der Waals surface area (Å²) in [6, 6.07) is 0. The molecule has 0 radical (unpaired) electrons. The van der Waals surface area contributed by atoms with E-state index in [-0.39, 0.29) is 57.3 Å². The van der Waals surface area contributed by atoms with Crippen LogP contribution in [0.25, 0.3) is 0 Å². The van der Waals surface area contributed by atoms with Crippen LogP contribution in [-0.4, -0.2) is 189 Å². The fourth-order valence-electron chi connectivity index (χ4n) is 4.80. The van der Waals surface area contributed by atoms with Crippen molar-refractivity contribution in [1.82, 2.24) is 26.2 Å². The van der Waals surface area contributed by atoms with Gasteiger partial charge in [0.15, 0.2) is 0 Å². The molecule has 0 aromatic rings. The van der Waals surface area contributed by atoms with Gasteiger partial charge in [-0.1, -0.05) is 33.1 Å². The predicted molar refractivity (Wildman–Crippen MR) is 202 cm³/mol. The van der Waals surface area contributed by atoms with Crippen molar-refractivity contribution in [3.8, 4) is 0 Å². The maximum Gasteiger partial charge on any atom is 0.0900 e. The lowest BCUT2D eigenvalue weighted by atomic mass is 10.0. The van der Waals surface area contributed by atoms with Gasteiger partial charge in [0.25, 0.3) is 0 Å². The fourth-order valence-corrected chi connectivity index (χ4v) is 5.81. The van der Waals surface area contributed by atoms with Crippen LogP contribution in [0.2, 0.25) is 0 Å². The van der Waals surface area contributed by atoms with Gasteiger partial charge >= 0.3 is 0 Å². The largest absolute Gasteiger partial charge is 0.389 e. The van der Waals surface area contributed by atoms with E-state index in [0.717, 1.165) is 32.6 Å². The van der Waals surface area contributed by atoms with E-state index in [1.165, 1.54) is 19.3 Å². The first kappa shape index (κ1) is 50.0. The van der Waals surface area contributed by atoms with Gasteiger partial charge in [-0.25, -0.2) is 0 Å². The molecule has 0 bridgehead atoms. The van der Waals surface area contributed by atoms with E-state index in [1.807, 2.05) is 0 Å². The van der Waals surface area contributed by atoms with Gasteiger partial charge in [0.1, 0.15) is 0 Å². The molecule has 4 unspecified atom stereocenters. The SMILES string of the molecule is CCCCC(CC)COCC(O)CNCCNCCNCCN(CCNCC(O)COCCCS(O)(O)O)CC(O)COCCCS(O)(O)O. The first-order valence-electron chi connectivity index (χ1n) is 18.0. The highest BCUT2D eigenvalue weighted by Crippen LogP contribution is 2.33. The van der Waals surface area contributed by atoms with Crippen molar-refractivity contribution in [1.29, 1.82) is 0 Å². The monoisotopic (exact) mass is 771 g/mol. The number of ether oxygens (including phenoxy) is 3. The number of aliphatic hydroxyl groups is 3. The smallest absolute Gasteiger partial charge is 0.0900 e. The molecular weight excluding hydrogens is 698 g/mol. The van der Waals surface area contributed by atoms with Crippen LogP contribution >= 0.6 is 21.7 Å². The number of nitrogens with zero attached hydrogens (tertiary/aromatic N) is 1.